The molecule has 0 saturated carbocycles. The number of nitrogens with one attached hydrogen (secondary N) is 2. The summed E-state index contributed by atoms with van der Waals surface area (Å²) < 4.78 is 0. The van der Waals surface area contributed by atoms with Crippen LogP contribution in [0.3, 0.4) is 0 Å². The van der Waals surface area contributed by atoms with Crippen LogP contribution < -0.4 is 10.6 Å². The maximum atomic E-state index is 11.2. The van der Waals surface area contributed by atoms with Gasteiger partial charge in [0.1, 0.15) is 0 Å². The Balaban J connectivity index is 3.54. The molecule has 0 aromatic heterocycles. The summed E-state index contributed by atoms with van der Waals surface area (Å²) in [7, 11) is 0. The summed E-state index contributed by atoms with van der Waals surface area (Å²) in [6.07, 6.45) is 7.06. The summed E-state index contributed by atoms with van der Waals surface area (Å²) >= 11 is 0. The second kappa shape index (κ2) is 7.32. The Morgan fingerprint density at radius 1 is 1.27 bits per heavy atom. The van der Waals surface area contributed by atoms with E-state index in [0.717, 1.165) is 19.4 Å². The number of amides is 2. The van der Waals surface area contributed by atoms with Crippen LogP contribution in [-0.4, -0.2) is 12.6 Å². The lowest BCUT2D eigenvalue weighted by molar-refractivity contribution is 0.244. The molecule has 0 rings (SSSR count). The first kappa shape index (κ1) is 14.0. The molecule has 0 aliphatic heterocycles. The number of unbranched alkanes of at least 4 members (excludes halogenated alkanes) is 2. The summed E-state index contributed by atoms with van der Waals surface area (Å²) in [4.78, 5) is 11.2. The summed E-state index contributed by atoms with van der Waals surface area (Å²) in [5.41, 5.74) is 0.107. The van der Waals surface area contributed by atoms with Gasteiger partial charge in [-0.2, -0.15) is 0 Å². The van der Waals surface area contributed by atoms with Gasteiger partial charge in [-0.05, 0) is 11.8 Å². The van der Waals surface area contributed by atoms with E-state index in [1.165, 1.54) is 6.42 Å². The zero-order valence-electron chi connectivity index (χ0n) is 10.4. The van der Waals surface area contributed by atoms with Crippen molar-refractivity contribution in [2.45, 2.75) is 47.0 Å². The first-order chi connectivity index (χ1) is 6.95. The molecule has 2 N–H and O–H groups in total. The van der Waals surface area contributed by atoms with Crippen LogP contribution in [-0.2, 0) is 0 Å². The molecule has 0 unspecified atom stereocenters. The molecule has 15 heavy (non-hydrogen) atoms. The van der Waals surface area contributed by atoms with Crippen LogP contribution >= 0.6 is 0 Å². The molecule has 0 aliphatic rings. The first-order valence-electron chi connectivity index (χ1n) is 5.68. The molecule has 3 nitrogen and oxygen atoms in total. The number of rotatable bonds is 5. The Morgan fingerprint density at radius 3 is 2.47 bits per heavy atom. The number of hydrogen-bond acceptors (Lipinski definition) is 1. The lowest BCUT2D eigenvalue weighted by Crippen LogP contribution is -2.32. The molecule has 0 aromatic rings. The van der Waals surface area contributed by atoms with E-state index in [2.05, 4.69) is 38.3 Å². The highest BCUT2D eigenvalue weighted by Crippen LogP contribution is 2.13. The molecular formula is C12H24N2O. The van der Waals surface area contributed by atoms with Crippen molar-refractivity contribution in [2.75, 3.05) is 6.54 Å². The van der Waals surface area contributed by atoms with Gasteiger partial charge in [-0.25, -0.2) is 4.79 Å². The minimum Gasteiger partial charge on any atom is -0.338 e. The molecule has 0 saturated heterocycles. The zero-order chi connectivity index (χ0) is 11.7. The highest BCUT2D eigenvalue weighted by atomic mass is 16.2. The van der Waals surface area contributed by atoms with Crippen molar-refractivity contribution in [3.05, 3.63) is 12.3 Å². The van der Waals surface area contributed by atoms with Crippen molar-refractivity contribution < 1.29 is 4.79 Å². The molecule has 0 aliphatic carbocycles. The van der Waals surface area contributed by atoms with E-state index in [1.54, 1.807) is 6.20 Å². The maximum Gasteiger partial charge on any atom is 0.318 e. The van der Waals surface area contributed by atoms with Crippen LogP contribution in [0, 0.1) is 5.41 Å². The Bertz CT molecular complexity index is 204. The van der Waals surface area contributed by atoms with E-state index in [9.17, 15) is 4.79 Å². The number of urea groups is 1. The van der Waals surface area contributed by atoms with E-state index in [1.807, 2.05) is 6.08 Å². The molecule has 2 amide bonds. The van der Waals surface area contributed by atoms with Gasteiger partial charge in [0.15, 0.2) is 0 Å². The highest BCUT2D eigenvalue weighted by Gasteiger charge is 2.03. The smallest absolute Gasteiger partial charge is 0.318 e. The molecule has 0 fully saturated rings. The first-order valence-corrected chi connectivity index (χ1v) is 5.68. The van der Waals surface area contributed by atoms with Crippen molar-refractivity contribution in [2.24, 2.45) is 5.41 Å². The third-order valence-electron chi connectivity index (χ3n) is 1.86. The van der Waals surface area contributed by atoms with Crippen molar-refractivity contribution >= 4 is 6.03 Å². The second-order valence-corrected chi connectivity index (χ2v) is 4.81. The van der Waals surface area contributed by atoms with Gasteiger partial charge in [0.25, 0.3) is 0 Å². The fourth-order valence-corrected chi connectivity index (χ4v) is 0.995. The van der Waals surface area contributed by atoms with Gasteiger partial charge in [0.05, 0.1) is 0 Å². The van der Waals surface area contributed by atoms with Gasteiger partial charge in [-0.1, -0.05) is 46.6 Å². The van der Waals surface area contributed by atoms with Gasteiger partial charge < -0.3 is 10.6 Å². The number of allylic oxidation sites excluding steroid dienone is 1. The topological polar surface area (TPSA) is 41.1 Å². The van der Waals surface area contributed by atoms with Crippen LogP contribution in [0.1, 0.15) is 47.0 Å². The maximum absolute atomic E-state index is 11.2. The standard InChI is InChI=1S/C12H24N2O/c1-5-6-7-9-13-11(15)14-10-8-12(2,3)4/h8,10H,5-7,9H2,1-4H3,(H2,13,14,15)/b10-8+. The summed E-state index contributed by atoms with van der Waals surface area (Å²) in [6, 6.07) is -0.119. The van der Waals surface area contributed by atoms with Crippen LogP contribution in [0.25, 0.3) is 0 Å². The van der Waals surface area contributed by atoms with E-state index in [-0.39, 0.29) is 11.4 Å². The fraction of sp³-hybridized carbons (Fsp3) is 0.750. The van der Waals surface area contributed by atoms with Gasteiger partial charge >= 0.3 is 6.03 Å². The van der Waals surface area contributed by atoms with Crippen LogP contribution in [0.4, 0.5) is 4.79 Å². The quantitative estimate of drug-likeness (QED) is 0.676. The zero-order valence-corrected chi connectivity index (χ0v) is 10.4. The van der Waals surface area contributed by atoms with Crippen molar-refractivity contribution in [1.82, 2.24) is 10.6 Å². The number of carbonyl (C=O) groups excluding carboxylic acids is 1. The molecule has 3 heteroatoms. The van der Waals surface area contributed by atoms with Gasteiger partial charge in [-0.15, -0.1) is 0 Å². The third kappa shape index (κ3) is 10.9. The van der Waals surface area contributed by atoms with Crippen LogP contribution in [0.15, 0.2) is 12.3 Å². The highest BCUT2D eigenvalue weighted by molar-refractivity contribution is 5.74. The van der Waals surface area contributed by atoms with E-state index in [4.69, 9.17) is 0 Å². The molecule has 0 heterocycles. The molecular weight excluding hydrogens is 188 g/mol. The summed E-state index contributed by atoms with van der Waals surface area (Å²) in [6.45, 7) is 9.16. The van der Waals surface area contributed by atoms with Gasteiger partial charge in [-0.3, -0.25) is 0 Å². The number of carbonyl (C=O) groups is 1. The minimum atomic E-state index is -0.119. The third-order valence-corrected chi connectivity index (χ3v) is 1.86. The van der Waals surface area contributed by atoms with Crippen LogP contribution in [0.2, 0.25) is 0 Å². The predicted octanol–water partition coefficient (Wildman–Crippen LogP) is 3.04. The number of hydrogen-bond donors (Lipinski definition) is 2. The molecule has 0 aromatic carbocycles. The van der Waals surface area contributed by atoms with Crippen molar-refractivity contribution in [3.8, 4) is 0 Å². The Kier molecular flexibility index (Phi) is 6.84. The molecule has 0 atom stereocenters. The largest absolute Gasteiger partial charge is 0.338 e. The van der Waals surface area contributed by atoms with Crippen molar-refractivity contribution in [3.63, 3.8) is 0 Å². The molecule has 0 radical (unpaired) electrons. The minimum absolute atomic E-state index is 0.107. The SMILES string of the molecule is CCCCCNC(=O)N/C=C/C(C)(C)C. The average Bonchev–Trinajstić information content (AvgIpc) is 2.10. The normalized spacial score (nSPS) is 11.7. The van der Waals surface area contributed by atoms with E-state index < -0.39 is 0 Å². The van der Waals surface area contributed by atoms with E-state index in [0.29, 0.717) is 0 Å². The summed E-state index contributed by atoms with van der Waals surface area (Å²) in [5, 5.41) is 5.49. The van der Waals surface area contributed by atoms with E-state index >= 15 is 0 Å². The van der Waals surface area contributed by atoms with Gasteiger partial charge in [0, 0.05) is 12.7 Å². The molecule has 0 bridgehead atoms. The fourth-order valence-electron chi connectivity index (χ4n) is 0.995. The monoisotopic (exact) mass is 212 g/mol. The second-order valence-electron chi connectivity index (χ2n) is 4.81. The lowest BCUT2D eigenvalue weighted by Gasteiger charge is -2.11. The Hall–Kier alpha value is -0.990. The molecule has 0 spiro atoms. The van der Waals surface area contributed by atoms with Crippen LogP contribution in [0.5, 0.6) is 0 Å². The lowest BCUT2D eigenvalue weighted by atomic mass is 9.97. The average molecular weight is 212 g/mol. The van der Waals surface area contributed by atoms with Gasteiger partial charge in [0.2, 0.25) is 0 Å². The Morgan fingerprint density at radius 2 is 1.93 bits per heavy atom. The Labute approximate surface area is 93.3 Å². The predicted molar refractivity (Wildman–Crippen MR) is 64.7 cm³/mol. The van der Waals surface area contributed by atoms with Crippen molar-refractivity contribution in [1.29, 1.82) is 0 Å². The molecule has 88 valence electrons. The summed E-state index contributed by atoms with van der Waals surface area (Å²) in [5.74, 6) is 0.